The van der Waals surface area contributed by atoms with Gasteiger partial charge in [0.2, 0.25) is 0 Å². The van der Waals surface area contributed by atoms with Crippen LogP contribution in [0.2, 0.25) is 0 Å². The minimum absolute atomic E-state index is 0.0844. The summed E-state index contributed by atoms with van der Waals surface area (Å²) >= 11 is -2.15. The molecule has 1 aromatic rings. The lowest BCUT2D eigenvalue weighted by Gasteiger charge is -2.44. The Bertz CT molecular complexity index is 654. The fraction of sp³-hybridized carbons (Fsp3) is 0.533. The van der Waals surface area contributed by atoms with Crippen molar-refractivity contribution in [1.29, 1.82) is 0 Å². The Hall–Kier alpha value is -1.45. The molecule has 1 amide bonds. The summed E-state index contributed by atoms with van der Waals surface area (Å²) in [7, 11) is 0. The molecule has 1 aromatic carbocycles. The molecule has 2 rings (SSSR count). The fourth-order valence-electron chi connectivity index (χ4n) is 2.99. The molecule has 1 aliphatic heterocycles. The van der Waals surface area contributed by atoms with E-state index in [9.17, 15) is 27.3 Å². The van der Waals surface area contributed by atoms with Crippen molar-refractivity contribution in [2.75, 3.05) is 6.61 Å². The van der Waals surface area contributed by atoms with Crippen molar-refractivity contribution in [3.63, 3.8) is 0 Å². The van der Waals surface area contributed by atoms with Crippen molar-refractivity contribution in [2.45, 2.75) is 44.9 Å². The van der Waals surface area contributed by atoms with Gasteiger partial charge < -0.3 is 9.90 Å². The van der Waals surface area contributed by atoms with Gasteiger partial charge in [-0.15, -0.1) is 0 Å². The molecule has 1 saturated heterocycles. The van der Waals surface area contributed by atoms with Crippen LogP contribution in [0.4, 0.5) is 18.0 Å². The molecule has 3 atom stereocenters. The van der Waals surface area contributed by atoms with Crippen molar-refractivity contribution in [2.24, 2.45) is 0 Å². The zero-order chi connectivity index (χ0) is 18.3. The van der Waals surface area contributed by atoms with Crippen molar-refractivity contribution >= 4 is 17.4 Å². The first kappa shape index (κ1) is 18.9. The van der Waals surface area contributed by atoms with E-state index in [0.29, 0.717) is 5.56 Å². The minimum Gasteiger partial charge on any atom is -0.497 e. The Morgan fingerprint density at radius 2 is 1.83 bits per heavy atom. The van der Waals surface area contributed by atoms with E-state index in [0.717, 1.165) is 12.1 Å². The molecule has 0 aromatic heterocycles. The monoisotopic (exact) mass is 365 g/mol. The molecule has 0 saturated carbocycles. The number of carboxylic acid groups (broad SMARTS) is 1. The Morgan fingerprint density at radius 1 is 1.29 bits per heavy atom. The van der Waals surface area contributed by atoms with E-state index in [2.05, 4.69) is 0 Å². The van der Waals surface area contributed by atoms with Gasteiger partial charge in [0, 0.05) is 6.42 Å². The average Bonchev–Trinajstić information content (AvgIpc) is 2.75. The molecule has 1 heterocycles. The number of rotatable bonds is 2. The van der Waals surface area contributed by atoms with Crippen LogP contribution in [0.1, 0.15) is 31.9 Å². The first-order valence-electron chi connectivity index (χ1n) is 7.23. The van der Waals surface area contributed by atoms with Crippen molar-refractivity contribution < 1.29 is 35.4 Å². The van der Waals surface area contributed by atoms with E-state index in [4.69, 9.17) is 4.18 Å². The Labute approximate surface area is 140 Å². The molecule has 5 nitrogen and oxygen atoms in total. The third-order valence-corrected chi connectivity index (χ3v) is 5.93. The van der Waals surface area contributed by atoms with Crippen LogP contribution in [0.15, 0.2) is 24.3 Å². The molecule has 0 bridgehead atoms. The lowest BCUT2D eigenvalue weighted by atomic mass is 9.98. The molecular weight excluding hydrogens is 347 g/mol. The zero-order valence-electron chi connectivity index (χ0n) is 13.4. The fourth-order valence-corrected chi connectivity index (χ4v) is 4.38. The third-order valence-electron chi connectivity index (χ3n) is 4.13. The molecule has 9 heteroatoms. The number of hydrogen-bond donors (Lipinski definition) is 0. The molecule has 0 radical (unpaired) electrons. The second-order valence-electron chi connectivity index (χ2n) is 6.65. The third kappa shape index (κ3) is 3.07. The van der Waals surface area contributed by atoms with Crippen molar-refractivity contribution in [1.82, 2.24) is 0 Å². The van der Waals surface area contributed by atoms with E-state index in [-0.39, 0.29) is 13.0 Å². The largest absolute Gasteiger partial charge is 0.497 e. The highest BCUT2D eigenvalue weighted by Crippen LogP contribution is 2.38. The van der Waals surface area contributed by atoms with Gasteiger partial charge in [0.15, 0.2) is 0 Å². The highest BCUT2D eigenvalue weighted by molar-refractivity contribution is 7.74. The molecular formula is C15H18F3NO4S. The van der Waals surface area contributed by atoms with Crippen LogP contribution >= 0.6 is 0 Å². The van der Waals surface area contributed by atoms with Gasteiger partial charge in [0.25, 0.3) is 6.09 Å². The van der Waals surface area contributed by atoms with Gasteiger partial charge in [-0.3, -0.25) is 0 Å². The first-order valence-corrected chi connectivity index (χ1v) is 8.26. The highest BCUT2D eigenvalue weighted by atomic mass is 32.2. The summed E-state index contributed by atoms with van der Waals surface area (Å²) in [4.78, 5) is 11.8. The van der Waals surface area contributed by atoms with E-state index in [1.54, 1.807) is 20.8 Å². The maximum absolute atomic E-state index is 12.6. The number of amides is 1. The minimum atomic E-state index is -4.44. The van der Waals surface area contributed by atoms with E-state index in [1.807, 2.05) is 0 Å². The number of alkyl halides is 3. The Kier molecular flexibility index (Phi) is 4.82. The molecule has 1 aliphatic rings. The van der Waals surface area contributed by atoms with Gasteiger partial charge in [0.05, 0.1) is 5.56 Å². The Balaban J connectivity index is 2.34. The summed E-state index contributed by atoms with van der Waals surface area (Å²) in [5.41, 5.74) is -1.26. The number of nitrogens with zero attached hydrogens (tertiary/aromatic N) is 1. The van der Waals surface area contributed by atoms with Gasteiger partial charge >= 0.3 is 17.4 Å². The summed E-state index contributed by atoms with van der Waals surface area (Å²) < 4.78 is 54.3. The number of quaternary nitrogens is 1. The predicted molar refractivity (Wildman–Crippen MR) is 78.4 cm³/mol. The number of carbonyl (C=O) groups excluding carboxylic acids is 1. The summed E-state index contributed by atoms with van der Waals surface area (Å²) in [5.74, 6) is 0. The SMILES string of the molecule is CC(C)(C)[N+]1(C(=O)[O-])C(Cc2ccc(C(F)(F)F)cc2)COS1=O. The second-order valence-corrected chi connectivity index (χ2v) is 7.89. The summed E-state index contributed by atoms with van der Waals surface area (Å²) in [6, 6.07) is 3.72. The second kappa shape index (κ2) is 6.12. The molecule has 0 N–H and O–H groups in total. The lowest BCUT2D eigenvalue weighted by molar-refractivity contribution is -0.821. The highest BCUT2D eigenvalue weighted by Gasteiger charge is 2.60. The van der Waals surface area contributed by atoms with Crippen molar-refractivity contribution in [3.05, 3.63) is 35.4 Å². The summed E-state index contributed by atoms with van der Waals surface area (Å²) in [6.45, 7) is 4.73. The molecule has 0 spiro atoms. The molecule has 0 aliphatic carbocycles. The smallest absolute Gasteiger partial charge is 0.416 e. The van der Waals surface area contributed by atoms with Gasteiger partial charge in [-0.2, -0.15) is 21.3 Å². The zero-order valence-corrected chi connectivity index (χ0v) is 14.2. The predicted octanol–water partition coefficient (Wildman–Crippen LogP) is 2.18. The summed E-state index contributed by atoms with van der Waals surface area (Å²) in [5, 5.41) is 11.8. The van der Waals surface area contributed by atoms with Crippen LogP contribution in [0.25, 0.3) is 0 Å². The van der Waals surface area contributed by atoms with Crippen LogP contribution in [-0.4, -0.2) is 32.4 Å². The standard InChI is InChI=1S/C15H18F3NO4S/c1-14(2,3)19(13(20)21)12(9-23-24(19)22)8-10-4-6-11(7-5-10)15(16,17)18/h4-7,12H,8-9H2,1-3H3. The van der Waals surface area contributed by atoms with Crippen LogP contribution < -0.4 is 5.11 Å². The maximum atomic E-state index is 12.6. The number of hydrogen-bond acceptors (Lipinski definition) is 4. The topological polar surface area (TPSA) is 66.4 Å². The maximum Gasteiger partial charge on any atom is 0.416 e. The van der Waals surface area contributed by atoms with Gasteiger partial charge in [-0.25, -0.2) is 4.18 Å². The van der Waals surface area contributed by atoms with Gasteiger partial charge in [-0.05, 0) is 38.5 Å². The van der Waals surface area contributed by atoms with Gasteiger partial charge in [-0.1, -0.05) is 12.1 Å². The van der Waals surface area contributed by atoms with E-state index in [1.165, 1.54) is 12.1 Å². The van der Waals surface area contributed by atoms with Crippen LogP contribution in [0.3, 0.4) is 0 Å². The molecule has 3 unspecified atom stereocenters. The molecule has 24 heavy (non-hydrogen) atoms. The van der Waals surface area contributed by atoms with E-state index >= 15 is 0 Å². The Morgan fingerprint density at radius 3 is 2.25 bits per heavy atom. The first-order chi connectivity index (χ1) is 10.9. The van der Waals surface area contributed by atoms with Gasteiger partial charge in [0.1, 0.15) is 18.2 Å². The quantitative estimate of drug-likeness (QED) is 0.754. The average molecular weight is 365 g/mol. The molecule has 134 valence electrons. The van der Waals surface area contributed by atoms with Crippen molar-refractivity contribution in [3.8, 4) is 0 Å². The van der Waals surface area contributed by atoms with Crippen LogP contribution in [0, 0.1) is 0 Å². The molecule has 1 fully saturated rings. The summed E-state index contributed by atoms with van der Waals surface area (Å²) in [6.07, 6.45) is -5.86. The number of benzene rings is 1. The van der Waals surface area contributed by atoms with Crippen LogP contribution in [-0.2, 0) is 28.0 Å². The van der Waals surface area contributed by atoms with E-state index < -0.39 is 44.6 Å². The van der Waals surface area contributed by atoms with Crippen LogP contribution in [0.5, 0.6) is 0 Å². The lowest BCUT2D eigenvalue weighted by Crippen LogP contribution is -2.70. The number of halogens is 3. The number of carbonyl (C=O) groups is 1. The normalized spacial score (nSPS) is 28.1.